The number of aromatic amines is 1. The third-order valence-electron chi connectivity index (χ3n) is 3.01. The number of anilines is 1. The maximum atomic E-state index is 12.5. The van der Waals surface area contributed by atoms with E-state index >= 15 is 0 Å². The first-order valence-corrected chi connectivity index (χ1v) is 7.07. The van der Waals surface area contributed by atoms with Gasteiger partial charge in [0.25, 0.3) is 5.91 Å². The van der Waals surface area contributed by atoms with Gasteiger partial charge in [-0.15, -0.1) is 0 Å². The molecule has 0 aliphatic carbocycles. The van der Waals surface area contributed by atoms with Gasteiger partial charge >= 0.3 is 0 Å². The number of nitrogens with zero attached hydrogens (tertiary/aromatic N) is 2. The zero-order chi connectivity index (χ0) is 16.3. The van der Waals surface area contributed by atoms with Crippen molar-refractivity contribution >= 4 is 29.1 Å². The number of aryl methyl sites for hydroxylation is 1. The minimum atomic E-state index is -0.244. The van der Waals surface area contributed by atoms with Gasteiger partial charge in [-0.2, -0.15) is 0 Å². The molecular formula is C15H17ClN4O2. The summed E-state index contributed by atoms with van der Waals surface area (Å²) in [6.45, 7) is 3.64. The number of hydrogen-bond donors (Lipinski definition) is 2. The van der Waals surface area contributed by atoms with Crippen LogP contribution in [0.4, 0.5) is 5.69 Å². The molecule has 7 heteroatoms. The highest BCUT2D eigenvalue weighted by atomic mass is 35.5. The SMILES string of the molecule is CC(=O)Nc1ccc(Cl)c(C(=O)N(C)Cc2ncc(C)[nH]2)c1. The van der Waals surface area contributed by atoms with E-state index in [0.29, 0.717) is 28.6 Å². The second-order valence-electron chi connectivity index (χ2n) is 5.05. The third kappa shape index (κ3) is 3.85. The monoisotopic (exact) mass is 320 g/mol. The van der Waals surface area contributed by atoms with Crippen molar-refractivity contribution in [1.29, 1.82) is 0 Å². The molecule has 0 saturated heterocycles. The molecule has 0 unspecified atom stereocenters. The molecular weight excluding hydrogens is 304 g/mol. The molecule has 2 amide bonds. The molecule has 1 aromatic heterocycles. The Kier molecular flexibility index (Phi) is 4.82. The van der Waals surface area contributed by atoms with Gasteiger partial charge in [0.2, 0.25) is 5.91 Å². The molecule has 0 radical (unpaired) electrons. The average Bonchev–Trinajstić information content (AvgIpc) is 2.85. The van der Waals surface area contributed by atoms with Gasteiger partial charge in [0.1, 0.15) is 5.82 Å². The standard InChI is InChI=1S/C15H17ClN4O2/c1-9-7-17-14(18-9)8-20(3)15(22)12-6-11(19-10(2)21)4-5-13(12)16/h4-7H,8H2,1-3H3,(H,17,18)(H,19,21). The number of imidazole rings is 1. The molecule has 0 spiro atoms. The number of rotatable bonds is 4. The Morgan fingerprint density at radius 3 is 2.73 bits per heavy atom. The Labute approximate surface area is 133 Å². The maximum absolute atomic E-state index is 12.5. The summed E-state index contributed by atoms with van der Waals surface area (Å²) in [7, 11) is 1.67. The highest BCUT2D eigenvalue weighted by Crippen LogP contribution is 2.22. The predicted molar refractivity (Wildman–Crippen MR) is 84.9 cm³/mol. The summed E-state index contributed by atoms with van der Waals surface area (Å²) >= 11 is 6.10. The Balaban J connectivity index is 2.18. The second kappa shape index (κ2) is 6.62. The largest absolute Gasteiger partial charge is 0.345 e. The number of nitrogens with one attached hydrogen (secondary N) is 2. The van der Waals surface area contributed by atoms with Crippen molar-refractivity contribution in [3.8, 4) is 0 Å². The minimum absolute atomic E-state index is 0.208. The zero-order valence-electron chi connectivity index (χ0n) is 12.6. The number of amides is 2. The second-order valence-corrected chi connectivity index (χ2v) is 5.46. The number of H-pyrrole nitrogens is 1. The predicted octanol–water partition coefficient (Wildman–Crippen LogP) is 2.60. The van der Waals surface area contributed by atoms with Crippen LogP contribution in [0, 0.1) is 6.92 Å². The summed E-state index contributed by atoms with van der Waals surface area (Å²) in [5.41, 5.74) is 1.79. The lowest BCUT2D eigenvalue weighted by molar-refractivity contribution is -0.114. The number of benzene rings is 1. The number of carbonyl (C=O) groups is 2. The molecule has 116 valence electrons. The van der Waals surface area contributed by atoms with E-state index in [1.807, 2.05) is 6.92 Å². The lowest BCUT2D eigenvalue weighted by Gasteiger charge is -2.17. The van der Waals surface area contributed by atoms with Gasteiger partial charge in [0, 0.05) is 31.5 Å². The molecule has 2 aromatic rings. The lowest BCUT2D eigenvalue weighted by atomic mass is 10.1. The van der Waals surface area contributed by atoms with Gasteiger partial charge in [-0.25, -0.2) is 4.98 Å². The first-order chi connectivity index (χ1) is 10.4. The Morgan fingerprint density at radius 1 is 1.41 bits per heavy atom. The molecule has 6 nitrogen and oxygen atoms in total. The number of aromatic nitrogens is 2. The van der Waals surface area contributed by atoms with E-state index in [1.165, 1.54) is 11.8 Å². The number of hydrogen-bond acceptors (Lipinski definition) is 3. The summed E-state index contributed by atoms with van der Waals surface area (Å²) in [5, 5.41) is 2.97. The Morgan fingerprint density at radius 2 is 2.14 bits per heavy atom. The van der Waals surface area contributed by atoms with Gasteiger partial charge in [0.05, 0.1) is 17.1 Å². The first kappa shape index (κ1) is 16.0. The van der Waals surface area contributed by atoms with E-state index < -0.39 is 0 Å². The van der Waals surface area contributed by atoms with Gasteiger partial charge in [-0.3, -0.25) is 9.59 Å². The van der Waals surface area contributed by atoms with Crippen molar-refractivity contribution in [2.45, 2.75) is 20.4 Å². The minimum Gasteiger partial charge on any atom is -0.345 e. The van der Waals surface area contributed by atoms with Crippen LogP contribution in [0.15, 0.2) is 24.4 Å². The van der Waals surface area contributed by atoms with E-state index in [2.05, 4.69) is 15.3 Å². The Bertz CT molecular complexity index is 711. The summed E-state index contributed by atoms with van der Waals surface area (Å²) in [6, 6.07) is 4.80. The van der Waals surface area contributed by atoms with Crippen LogP contribution in [-0.4, -0.2) is 33.7 Å². The molecule has 1 heterocycles. The van der Waals surface area contributed by atoms with Gasteiger partial charge in [-0.1, -0.05) is 11.6 Å². The first-order valence-electron chi connectivity index (χ1n) is 6.70. The summed E-state index contributed by atoms with van der Waals surface area (Å²) < 4.78 is 0. The normalized spacial score (nSPS) is 10.4. The van der Waals surface area contributed by atoms with Crippen LogP contribution in [0.5, 0.6) is 0 Å². The van der Waals surface area contributed by atoms with E-state index in [-0.39, 0.29) is 11.8 Å². The van der Waals surface area contributed by atoms with Crippen LogP contribution in [-0.2, 0) is 11.3 Å². The van der Waals surface area contributed by atoms with Crippen molar-refractivity contribution in [3.05, 3.63) is 46.5 Å². The molecule has 0 atom stereocenters. The summed E-state index contributed by atoms with van der Waals surface area (Å²) in [6.07, 6.45) is 1.71. The van der Waals surface area contributed by atoms with Crippen LogP contribution in [0.1, 0.15) is 28.8 Å². The van der Waals surface area contributed by atoms with Crippen LogP contribution in [0.3, 0.4) is 0 Å². The van der Waals surface area contributed by atoms with Crippen molar-refractivity contribution in [1.82, 2.24) is 14.9 Å². The highest BCUT2D eigenvalue weighted by Gasteiger charge is 2.17. The van der Waals surface area contributed by atoms with Crippen molar-refractivity contribution in [2.75, 3.05) is 12.4 Å². The molecule has 0 saturated carbocycles. The van der Waals surface area contributed by atoms with E-state index in [4.69, 9.17) is 11.6 Å². The summed E-state index contributed by atoms with van der Waals surface area (Å²) in [4.78, 5) is 32.4. The quantitative estimate of drug-likeness (QED) is 0.909. The fraction of sp³-hybridized carbons (Fsp3) is 0.267. The van der Waals surface area contributed by atoms with Crippen LogP contribution in [0.2, 0.25) is 5.02 Å². The third-order valence-corrected chi connectivity index (χ3v) is 3.34. The van der Waals surface area contributed by atoms with Crippen LogP contribution in [0.25, 0.3) is 0 Å². The zero-order valence-corrected chi connectivity index (χ0v) is 13.4. The molecule has 0 bridgehead atoms. The van der Waals surface area contributed by atoms with Crippen molar-refractivity contribution in [2.24, 2.45) is 0 Å². The fourth-order valence-corrected chi connectivity index (χ4v) is 2.22. The average molecular weight is 321 g/mol. The topological polar surface area (TPSA) is 78.1 Å². The maximum Gasteiger partial charge on any atom is 0.255 e. The van der Waals surface area contributed by atoms with Crippen LogP contribution >= 0.6 is 11.6 Å². The van der Waals surface area contributed by atoms with Crippen molar-refractivity contribution < 1.29 is 9.59 Å². The highest BCUT2D eigenvalue weighted by molar-refractivity contribution is 6.34. The molecule has 2 N–H and O–H groups in total. The van der Waals surface area contributed by atoms with Crippen LogP contribution < -0.4 is 5.32 Å². The molecule has 0 aliphatic heterocycles. The number of halogens is 1. The van der Waals surface area contributed by atoms with Gasteiger partial charge in [-0.05, 0) is 25.1 Å². The van der Waals surface area contributed by atoms with Crippen molar-refractivity contribution in [3.63, 3.8) is 0 Å². The lowest BCUT2D eigenvalue weighted by Crippen LogP contribution is -2.27. The molecule has 0 aliphatic rings. The molecule has 22 heavy (non-hydrogen) atoms. The smallest absolute Gasteiger partial charge is 0.255 e. The molecule has 1 aromatic carbocycles. The summed E-state index contributed by atoms with van der Waals surface area (Å²) in [5.74, 6) is 0.244. The fourth-order valence-electron chi connectivity index (χ4n) is 2.02. The van der Waals surface area contributed by atoms with Gasteiger partial charge in [0.15, 0.2) is 0 Å². The van der Waals surface area contributed by atoms with E-state index in [1.54, 1.807) is 31.4 Å². The number of carbonyl (C=O) groups excluding carboxylic acids is 2. The molecule has 0 fully saturated rings. The van der Waals surface area contributed by atoms with E-state index in [0.717, 1.165) is 5.69 Å². The van der Waals surface area contributed by atoms with Gasteiger partial charge < -0.3 is 15.2 Å². The Hall–Kier alpha value is -2.34. The molecule has 2 rings (SSSR count). The van der Waals surface area contributed by atoms with E-state index in [9.17, 15) is 9.59 Å².